The molecule has 4 aromatic rings. The van der Waals surface area contributed by atoms with Crippen LogP contribution in [0.3, 0.4) is 0 Å². The van der Waals surface area contributed by atoms with Gasteiger partial charge in [-0.2, -0.15) is 0 Å². The number of benzene rings is 2. The highest BCUT2D eigenvalue weighted by Gasteiger charge is 2.28. The number of aromatic nitrogens is 1. The standard InChI is InChI=1S/C28H24N2O5/c1-3-30-15-17(26-22(16-30)25(27(31)32)21-10-6-7-11-23(21)29-26)14-18-12-13-24(35-18)19-8-4-5-9-20(19)28(33)34-2/h4-14H,3,15-16H2,1-2H3,(H,31,32). The van der Waals surface area contributed by atoms with E-state index >= 15 is 0 Å². The van der Waals surface area contributed by atoms with Crippen molar-refractivity contribution >= 4 is 34.5 Å². The van der Waals surface area contributed by atoms with Gasteiger partial charge in [-0.15, -0.1) is 0 Å². The van der Waals surface area contributed by atoms with Gasteiger partial charge in [0.15, 0.2) is 0 Å². The molecule has 2 aromatic heterocycles. The molecule has 35 heavy (non-hydrogen) atoms. The van der Waals surface area contributed by atoms with Crippen molar-refractivity contribution in [3.63, 3.8) is 0 Å². The third kappa shape index (κ3) is 4.11. The summed E-state index contributed by atoms with van der Waals surface area (Å²) < 4.78 is 11.0. The summed E-state index contributed by atoms with van der Waals surface area (Å²) >= 11 is 0. The molecule has 0 bridgehead atoms. The largest absolute Gasteiger partial charge is 0.478 e. The number of rotatable bonds is 5. The summed E-state index contributed by atoms with van der Waals surface area (Å²) in [5, 5.41) is 10.7. The number of furan rings is 1. The van der Waals surface area contributed by atoms with Crippen LogP contribution in [0.2, 0.25) is 0 Å². The Morgan fingerprint density at radius 1 is 1.09 bits per heavy atom. The molecule has 0 unspecified atom stereocenters. The van der Waals surface area contributed by atoms with Gasteiger partial charge in [0.1, 0.15) is 11.5 Å². The number of hydrogen-bond acceptors (Lipinski definition) is 6. The molecule has 0 radical (unpaired) electrons. The molecule has 0 amide bonds. The molecule has 1 aliphatic rings. The number of ether oxygens (including phenoxy) is 1. The van der Waals surface area contributed by atoms with Gasteiger partial charge < -0.3 is 14.3 Å². The molecule has 0 spiro atoms. The SMILES string of the molecule is CCN1CC(=Cc2ccc(-c3ccccc3C(=O)OC)o2)c2nc3ccccc3c(C(=O)O)c2C1. The van der Waals surface area contributed by atoms with Crippen LogP contribution in [0.15, 0.2) is 65.1 Å². The molecule has 0 saturated heterocycles. The number of aromatic carboxylic acids is 1. The zero-order valence-electron chi connectivity index (χ0n) is 19.4. The van der Waals surface area contributed by atoms with Gasteiger partial charge >= 0.3 is 11.9 Å². The molecule has 0 aliphatic carbocycles. The van der Waals surface area contributed by atoms with Crippen LogP contribution in [0, 0.1) is 0 Å². The van der Waals surface area contributed by atoms with E-state index in [0.29, 0.717) is 63.5 Å². The summed E-state index contributed by atoms with van der Waals surface area (Å²) in [6, 6.07) is 18.1. The van der Waals surface area contributed by atoms with Gasteiger partial charge in [-0.1, -0.05) is 43.3 Å². The maximum absolute atomic E-state index is 12.3. The molecular formula is C28H24N2O5. The average Bonchev–Trinajstić information content (AvgIpc) is 3.35. The predicted molar refractivity (Wildman–Crippen MR) is 133 cm³/mol. The fourth-order valence-corrected chi connectivity index (χ4v) is 4.58. The number of esters is 1. The van der Waals surface area contributed by atoms with E-state index in [9.17, 15) is 14.7 Å². The van der Waals surface area contributed by atoms with E-state index in [4.69, 9.17) is 14.1 Å². The van der Waals surface area contributed by atoms with E-state index in [-0.39, 0.29) is 0 Å². The number of hydrogen-bond donors (Lipinski definition) is 1. The highest BCUT2D eigenvalue weighted by molar-refractivity contribution is 6.06. The van der Waals surface area contributed by atoms with Crippen LogP contribution in [0.25, 0.3) is 33.9 Å². The summed E-state index contributed by atoms with van der Waals surface area (Å²) in [6.07, 6.45) is 1.90. The Balaban J connectivity index is 1.63. The Morgan fingerprint density at radius 3 is 2.63 bits per heavy atom. The van der Waals surface area contributed by atoms with Crippen molar-refractivity contribution in [3.8, 4) is 11.3 Å². The fourth-order valence-electron chi connectivity index (χ4n) is 4.58. The van der Waals surface area contributed by atoms with Crippen molar-refractivity contribution in [1.82, 2.24) is 9.88 Å². The number of carboxylic acid groups (broad SMARTS) is 1. The van der Waals surface area contributed by atoms with Crippen LogP contribution in [0.5, 0.6) is 0 Å². The zero-order valence-corrected chi connectivity index (χ0v) is 19.4. The minimum absolute atomic E-state index is 0.293. The number of pyridine rings is 1. The van der Waals surface area contributed by atoms with Gasteiger partial charge in [-0.05, 0) is 42.5 Å². The highest BCUT2D eigenvalue weighted by Crippen LogP contribution is 2.35. The van der Waals surface area contributed by atoms with Crippen LogP contribution in [0.4, 0.5) is 0 Å². The number of carbonyl (C=O) groups excluding carboxylic acids is 1. The van der Waals surface area contributed by atoms with E-state index in [1.807, 2.05) is 55.5 Å². The van der Waals surface area contributed by atoms with Crippen molar-refractivity contribution in [2.45, 2.75) is 13.5 Å². The minimum Gasteiger partial charge on any atom is -0.478 e. The van der Waals surface area contributed by atoms with Crippen molar-refractivity contribution < 1.29 is 23.8 Å². The first kappa shape index (κ1) is 22.6. The molecule has 1 aliphatic heterocycles. The molecule has 2 aromatic carbocycles. The van der Waals surface area contributed by atoms with Gasteiger partial charge in [-0.25, -0.2) is 14.6 Å². The van der Waals surface area contributed by atoms with Crippen LogP contribution >= 0.6 is 0 Å². The minimum atomic E-state index is -0.961. The normalized spacial score (nSPS) is 14.7. The smallest absolute Gasteiger partial charge is 0.338 e. The number of fused-ring (bicyclic) bond motifs is 2. The van der Waals surface area contributed by atoms with E-state index in [2.05, 4.69) is 4.90 Å². The van der Waals surface area contributed by atoms with Gasteiger partial charge in [0.05, 0.1) is 29.4 Å². The number of carbonyl (C=O) groups is 2. The molecule has 0 fully saturated rings. The molecule has 0 saturated carbocycles. The molecule has 7 nitrogen and oxygen atoms in total. The second kappa shape index (κ2) is 9.19. The Kier molecular flexibility index (Phi) is 5.93. The summed E-state index contributed by atoms with van der Waals surface area (Å²) in [6.45, 7) is 3.94. The number of methoxy groups -OCH3 is 1. The Bertz CT molecular complexity index is 1480. The van der Waals surface area contributed by atoms with Crippen LogP contribution in [-0.2, 0) is 11.3 Å². The summed E-state index contributed by atoms with van der Waals surface area (Å²) in [5.74, 6) is -0.268. The van der Waals surface area contributed by atoms with Crippen molar-refractivity contribution in [1.29, 1.82) is 0 Å². The molecular weight excluding hydrogens is 444 g/mol. The third-order valence-corrected chi connectivity index (χ3v) is 6.28. The van der Waals surface area contributed by atoms with E-state index < -0.39 is 11.9 Å². The first-order valence-electron chi connectivity index (χ1n) is 11.4. The van der Waals surface area contributed by atoms with Crippen LogP contribution < -0.4 is 0 Å². The van der Waals surface area contributed by atoms with Crippen LogP contribution in [0.1, 0.15) is 44.7 Å². The van der Waals surface area contributed by atoms with Gasteiger partial charge in [0.25, 0.3) is 0 Å². The number of carboxylic acids is 1. The first-order chi connectivity index (χ1) is 17.0. The summed E-state index contributed by atoms with van der Waals surface area (Å²) in [4.78, 5) is 31.5. The topological polar surface area (TPSA) is 92.9 Å². The van der Waals surface area contributed by atoms with Gasteiger partial charge in [0.2, 0.25) is 0 Å². The van der Waals surface area contributed by atoms with Gasteiger partial charge in [-0.3, -0.25) is 4.90 Å². The summed E-state index contributed by atoms with van der Waals surface area (Å²) in [5.41, 5.74) is 4.26. The lowest BCUT2D eigenvalue weighted by Crippen LogP contribution is -2.31. The quantitative estimate of drug-likeness (QED) is 0.394. The second-order valence-electron chi connectivity index (χ2n) is 8.35. The van der Waals surface area contributed by atoms with E-state index in [1.165, 1.54) is 7.11 Å². The number of nitrogens with zero attached hydrogens (tertiary/aromatic N) is 2. The van der Waals surface area contributed by atoms with Crippen molar-refractivity contribution in [2.24, 2.45) is 0 Å². The fraction of sp³-hybridized carbons (Fsp3) is 0.179. The monoisotopic (exact) mass is 468 g/mol. The second-order valence-corrected chi connectivity index (χ2v) is 8.35. The average molecular weight is 469 g/mol. The summed E-state index contributed by atoms with van der Waals surface area (Å²) in [7, 11) is 1.35. The number of likely N-dealkylation sites (N-methyl/N-ethyl adjacent to an activating group) is 1. The van der Waals surface area contributed by atoms with Crippen molar-refractivity contribution in [3.05, 3.63) is 88.8 Å². The molecule has 0 atom stereocenters. The molecule has 1 N–H and O–H groups in total. The Labute approximate surface area is 202 Å². The molecule has 3 heterocycles. The molecule has 176 valence electrons. The molecule has 7 heteroatoms. The van der Waals surface area contributed by atoms with Crippen molar-refractivity contribution in [2.75, 3.05) is 20.2 Å². The Morgan fingerprint density at radius 2 is 1.86 bits per heavy atom. The van der Waals surface area contributed by atoms with E-state index in [0.717, 1.165) is 12.1 Å². The third-order valence-electron chi connectivity index (χ3n) is 6.28. The lowest BCUT2D eigenvalue weighted by Gasteiger charge is -2.30. The maximum atomic E-state index is 12.3. The maximum Gasteiger partial charge on any atom is 0.338 e. The van der Waals surface area contributed by atoms with E-state index in [1.54, 1.807) is 18.2 Å². The first-order valence-corrected chi connectivity index (χ1v) is 11.4. The molecule has 5 rings (SSSR count). The Hall–Kier alpha value is -4.23. The lowest BCUT2D eigenvalue weighted by molar-refractivity contribution is 0.0600. The number of para-hydroxylation sites is 1. The predicted octanol–water partition coefficient (Wildman–Crippen LogP) is 5.36. The zero-order chi connectivity index (χ0) is 24.5. The highest BCUT2D eigenvalue weighted by atomic mass is 16.5. The lowest BCUT2D eigenvalue weighted by atomic mass is 9.92. The van der Waals surface area contributed by atoms with Gasteiger partial charge in [0, 0.05) is 29.6 Å². The van der Waals surface area contributed by atoms with Crippen LogP contribution in [-0.4, -0.2) is 47.1 Å².